The summed E-state index contributed by atoms with van der Waals surface area (Å²) in [7, 11) is 0. The van der Waals surface area contributed by atoms with Crippen LogP contribution in [-0.2, 0) is 6.42 Å². The highest BCUT2D eigenvalue weighted by atomic mass is 16.5. The first-order valence-electron chi connectivity index (χ1n) is 6.61. The van der Waals surface area contributed by atoms with Gasteiger partial charge in [0, 0.05) is 23.8 Å². The topological polar surface area (TPSA) is 90.8 Å². The molecule has 0 aliphatic rings. The van der Waals surface area contributed by atoms with Crippen LogP contribution in [0.3, 0.4) is 0 Å². The molecular formula is C16H15N3O3. The molecule has 0 radical (unpaired) electrons. The van der Waals surface area contributed by atoms with Crippen LogP contribution in [0.25, 0.3) is 0 Å². The zero-order chi connectivity index (χ0) is 15.8. The maximum absolute atomic E-state index is 11.9. The summed E-state index contributed by atoms with van der Waals surface area (Å²) in [5.41, 5.74) is 5.45. The van der Waals surface area contributed by atoms with Crippen LogP contribution in [0.15, 0.2) is 59.7 Å². The number of carbonyl (C=O) groups is 2. The van der Waals surface area contributed by atoms with Crippen molar-refractivity contribution in [3.8, 4) is 0 Å². The van der Waals surface area contributed by atoms with Gasteiger partial charge >= 0.3 is 0 Å². The van der Waals surface area contributed by atoms with Crippen LogP contribution in [0.1, 0.15) is 26.3 Å². The maximum atomic E-state index is 11.9. The van der Waals surface area contributed by atoms with Gasteiger partial charge in [-0.25, -0.2) is 10.9 Å². The van der Waals surface area contributed by atoms with Crippen molar-refractivity contribution in [2.45, 2.75) is 6.42 Å². The van der Waals surface area contributed by atoms with Crippen LogP contribution in [0, 0.1) is 0 Å². The minimum atomic E-state index is -0.678. The highest BCUT2D eigenvalue weighted by molar-refractivity contribution is 5.99. The molecule has 2 rings (SSSR count). The molecule has 22 heavy (non-hydrogen) atoms. The highest BCUT2D eigenvalue weighted by Crippen LogP contribution is 2.05. The van der Waals surface area contributed by atoms with Gasteiger partial charge in [-0.1, -0.05) is 36.4 Å². The lowest BCUT2D eigenvalue weighted by Gasteiger charge is -2.02. The molecule has 2 amide bonds. The Morgan fingerprint density at radius 3 is 2.36 bits per heavy atom. The molecule has 2 aromatic carbocycles. The summed E-state index contributed by atoms with van der Waals surface area (Å²) in [6.45, 7) is 0. The van der Waals surface area contributed by atoms with Crippen LogP contribution >= 0.6 is 0 Å². The molecule has 0 bridgehead atoms. The Labute approximate surface area is 127 Å². The van der Waals surface area contributed by atoms with Crippen molar-refractivity contribution in [3.63, 3.8) is 0 Å². The second-order valence-corrected chi connectivity index (χ2v) is 4.46. The number of carbonyl (C=O) groups excluding carboxylic acids is 2. The summed E-state index contributed by atoms with van der Waals surface area (Å²) < 4.78 is 0. The molecule has 0 aliphatic heterocycles. The molecule has 3 N–H and O–H groups in total. The molecule has 0 heterocycles. The van der Waals surface area contributed by atoms with E-state index in [0.717, 1.165) is 5.56 Å². The van der Waals surface area contributed by atoms with E-state index >= 15 is 0 Å². The van der Waals surface area contributed by atoms with E-state index in [-0.39, 0.29) is 11.1 Å². The van der Waals surface area contributed by atoms with Crippen LogP contribution < -0.4 is 10.9 Å². The molecule has 6 heteroatoms. The number of hydroxylamine groups is 1. The van der Waals surface area contributed by atoms with Gasteiger partial charge in [0.2, 0.25) is 0 Å². The zero-order valence-electron chi connectivity index (χ0n) is 11.7. The first-order chi connectivity index (χ1) is 10.7. The molecular weight excluding hydrogens is 282 g/mol. The van der Waals surface area contributed by atoms with Crippen molar-refractivity contribution in [2.75, 3.05) is 0 Å². The smallest absolute Gasteiger partial charge is 0.274 e. The molecule has 0 unspecified atom stereocenters. The Kier molecular flexibility index (Phi) is 5.39. The Balaban J connectivity index is 1.93. The molecule has 0 saturated carbocycles. The van der Waals surface area contributed by atoms with Gasteiger partial charge in [0.1, 0.15) is 0 Å². The quantitative estimate of drug-likeness (QED) is 0.446. The largest absolute Gasteiger partial charge is 0.288 e. The number of rotatable bonds is 5. The summed E-state index contributed by atoms with van der Waals surface area (Å²) in [6.07, 6.45) is 2.20. The average molecular weight is 297 g/mol. The SMILES string of the molecule is O=C(NO)c1cccc(C(=O)N/N=C/Cc2ccccc2)c1. The normalized spacial score (nSPS) is 10.4. The van der Waals surface area contributed by atoms with Gasteiger partial charge in [0.15, 0.2) is 0 Å². The van der Waals surface area contributed by atoms with Gasteiger partial charge in [-0.2, -0.15) is 5.10 Å². The summed E-state index contributed by atoms with van der Waals surface area (Å²) in [5, 5.41) is 12.4. The fourth-order valence-corrected chi connectivity index (χ4v) is 1.80. The molecule has 0 spiro atoms. The highest BCUT2D eigenvalue weighted by Gasteiger charge is 2.09. The fraction of sp³-hybridized carbons (Fsp3) is 0.0625. The van der Waals surface area contributed by atoms with Gasteiger partial charge in [-0.05, 0) is 23.8 Å². The molecule has 0 fully saturated rings. The van der Waals surface area contributed by atoms with Gasteiger partial charge in [-0.3, -0.25) is 14.8 Å². The van der Waals surface area contributed by atoms with E-state index in [2.05, 4.69) is 10.5 Å². The molecule has 112 valence electrons. The van der Waals surface area contributed by atoms with Crippen LogP contribution in [0.2, 0.25) is 0 Å². The fourth-order valence-electron chi connectivity index (χ4n) is 1.80. The van der Waals surface area contributed by atoms with E-state index in [0.29, 0.717) is 6.42 Å². The van der Waals surface area contributed by atoms with Crippen molar-refractivity contribution in [1.82, 2.24) is 10.9 Å². The predicted octanol–water partition coefficient (Wildman–Crippen LogP) is 1.76. The third kappa shape index (κ3) is 4.26. The molecule has 0 atom stereocenters. The van der Waals surface area contributed by atoms with E-state index in [9.17, 15) is 9.59 Å². The van der Waals surface area contributed by atoms with E-state index < -0.39 is 11.8 Å². The average Bonchev–Trinajstić information content (AvgIpc) is 2.59. The summed E-state index contributed by atoms with van der Waals surface area (Å²) >= 11 is 0. The molecule has 2 aromatic rings. The number of hydrazone groups is 1. The first-order valence-corrected chi connectivity index (χ1v) is 6.61. The zero-order valence-corrected chi connectivity index (χ0v) is 11.7. The van der Waals surface area contributed by atoms with Gasteiger partial charge in [-0.15, -0.1) is 0 Å². The van der Waals surface area contributed by atoms with Crippen molar-refractivity contribution >= 4 is 18.0 Å². The Morgan fingerprint density at radius 1 is 1.00 bits per heavy atom. The first kappa shape index (κ1) is 15.4. The summed E-state index contributed by atoms with van der Waals surface area (Å²) in [6, 6.07) is 15.7. The minimum Gasteiger partial charge on any atom is -0.288 e. The lowest BCUT2D eigenvalue weighted by molar-refractivity contribution is 0.0706. The van der Waals surface area contributed by atoms with Crippen molar-refractivity contribution in [3.05, 3.63) is 71.3 Å². The van der Waals surface area contributed by atoms with E-state index in [1.54, 1.807) is 18.3 Å². The predicted molar refractivity (Wildman–Crippen MR) is 81.8 cm³/mol. The lowest BCUT2D eigenvalue weighted by atomic mass is 10.1. The number of hydrogen-bond donors (Lipinski definition) is 3. The molecule has 0 aromatic heterocycles. The van der Waals surface area contributed by atoms with E-state index in [1.807, 2.05) is 30.3 Å². The Morgan fingerprint density at radius 2 is 1.68 bits per heavy atom. The molecule has 0 aliphatic carbocycles. The second-order valence-electron chi connectivity index (χ2n) is 4.46. The van der Waals surface area contributed by atoms with Gasteiger partial charge in [0.25, 0.3) is 11.8 Å². The summed E-state index contributed by atoms with van der Waals surface area (Å²) in [5.74, 6) is -1.11. The minimum absolute atomic E-state index is 0.184. The number of nitrogens with one attached hydrogen (secondary N) is 2. The summed E-state index contributed by atoms with van der Waals surface area (Å²) in [4.78, 5) is 23.2. The number of amides is 2. The van der Waals surface area contributed by atoms with Crippen molar-refractivity contribution in [1.29, 1.82) is 0 Å². The van der Waals surface area contributed by atoms with Crippen molar-refractivity contribution < 1.29 is 14.8 Å². The third-order valence-corrected chi connectivity index (χ3v) is 2.92. The van der Waals surface area contributed by atoms with E-state index in [4.69, 9.17) is 5.21 Å². The second kappa shape index (κ2) is 7.70. The molecule has 6 nitrogen and oxygen atoms in total. The number of hydrogen-bond acceptors (Lipinski definition) is 4. The maximum Gasteiger partial charge on any atom is 0.274 e. The van der Waals surface area contributed by atoms with Crippen LogP contribution in [-0.4, -0.2) is 23.2 Å². The monoisotopic (exact) mass is 297 g/mol. The Bertz CT molecular complexity index is 684. The van der Waals surface area contributed by atoms with E-state index in [1.165, 1.54) is 17.6 Å². The standard InChI is InChI=1S/C16H15N3O3/c20-15(13-7-4-8-14(11-13)16(21)19-22)18-17-10-9-12-5-2-1-3-6-12/h1-8,10-11,22H,9H2,(H,18,20)(H,19,21)/b17-10+. The number of benzene rings is 2. The van der Waals surface area contributed by atoms with Gasteiger partial charge < -0.3 is 0 Å². The third-order valence-electron chi connectivity index (χ3n) is 2.92. The van der Waals surface area contributed by atoms with Crippen LogP contribution in [0.5, 0.6) is 0 Å². The lowest BCUT2D eigenvalue weighted by Crippen LogP contribution is -2.21. The van der Waals surface area contributed by atoms with Crippen LogP contribution in [0.4, 0.5) is 0 Å². The number of nitrogens with zero attached hydrogens (tertiary/aromatic N) is 1. The molecule has 0 saturated heterocycles. The Hall–Kier alpha value is -2.99. The van der Waals surface area contributed by atoms with Crippen molar-refractivity contribution in [2.24, 2.45) is 5.10 Å². The van der Waals surface area contributed by atoms with Gasteiger partial charge in [0.05, 0.1) is 0 Å².